The van der Waals surface area contributed by atoms with Crippen LogP contribution in [0.25, 0.3) is 0 Å². The standard InChI is InChI=1S/C13H10ClF2NO/c14-12-5-4-9(7-17-12)11(18)6-8-2-1-3-10(15)13(8)16/h1-5,7,11,18H,6H2. The van der Waals surface area contributed by atoms with E-state index in [1.807, 2.05) is 0 Å². The van der Waals surface area contributed by atoms with Crippen molar-refractivity contribution >= 4 is 11.6 Å². The molecule has 1 atom stereocenters. The molecule has 2 rings (SSSR count). The number of pyridine rings is 1. The van der Waals surface area contributed by atoms with Gasteiger partial charge in [-0.15, -0.1) is 0 Å². The highest BCUT2D eigenvalue weighted by Crippen LogP contribution is 2.21. The second-order valence-corrected chi connectivity index (χ2v) is 4.23. The van der Waals surface area contributed by atoms with Crippen LogP contribution in [0.2, 0.25) is 5.15 Å². The summed E-state index contributed by atoms with van der Waals surface area (Å²) in [6.07, 6.45) is 0.433. The van der Waals surface area contributed by atoms with Gasteiger partial charge in [0.15, 0.2) is 11.6 Å². The van der Waals surface area contributed by atoms with Crippen molar-refractivity contribution in [3.8, 4) is 0 Å². The number of aliphatic hydroxyl groups excluding tert-OH is 1. The Hall–Kier alpha value is -1.52. The minimum atomic E-state index is -0.953. The van der Waals surface area contributed by atoms with Crippen LogP contribution in [0.3, 0.4) is 0 Å². The molecule has 1 unspecified atom stereocenters. The topological polar surface area (TPSA) is 33.1 Å². The average Bonchev–Trinajstić information content (AvgIpc) is 2.36. The van der Waals surface area contributed by atoms with Crippen molar-refractivity contribution in [2.45, 2.75) is 12.5 Å². The molecule has 0 amide bonds. The zero-order valence-electron chi connectivity index (χ0n) is 9.28. The zero-order chi connectivity index (χ0) is 13.1. The number of aliphatic hydroxyl groups is 1. The van der Waals surface area contributed by atoms with Gasteiger partial charge in [0.2, 0.25) is 0 Å². The van der Waals surface area contributed by atoms with E-state index in [1.54, 1.807) is 6.07 Å². The molecule has 0 aliphatic carbocycles. The first-order valence-corrected chi connectivity index (χ1v) is 5.68. The summed E-state index contributed by atoms with van der Waals surface area (Å²) in [4.78, 5) is 3.82. The lowest BCUT2D eigenvalue weighted by Crippen LogP contribution is -2.05. The van der Waals surface area contributed by atoms with E-state index in [4.69, 9.17) is 11.6 Å². The Morgan fingerprint density at radius 2 is 2.00 bits per heavy atom. The molecule has 0 bridgehead atoms. The first-order valence-electron chi connectivity index (χ1n) is 5.30. The number of benzene rings is 1. The predicted octanol–water partition coefficient (Wildman–Crippen LogP) is 3.29. The van der Waals surface area contributed by atoms with Crippen LogP contribution in [0.15, 0.2) is 36.5 Å². The fraction of sp³-hybridized carbons (Fsp3) is 0.154. The molecule has 0 fully saturated rings. The third-order valence-electron chi connectivity index (χ3n) is 2.58. The second kappa shape index (κ2) is 5.42. The highest BCUT2D eigenvalue weighted by Gasteiger charge is 2.14. The van der Waals surface area contributed by atoms with Crippen LogP contribution in [-0.4, -0.2) is 10.1 Å². The third kappa shape index (κ3) is 2.83. The third-order valence-corrected chi connectivity index (χ3v) is 2.80. The van der Waals surface area contributed by atoms with E-state index in [0.717, 1.165) is 6.07 Å². The highest BCUT2D eigenvalue weighted by atomic mass is 35.5. The van der Waals surface area contributed by atoms with Crippen molar-refractivity contribution in [2.24, 2.45) is 0 Å². The Labute approximate surface area is 108 Å². The molecule has 0 saturated heterocycles. The lowest BCUT2D eigenvalue weighted by Gasteiger charge is -2.11. The molecule has 1 heterocycles. The van der Waals surface area contributed by atoms with Crippen molar-refractivity contribution in [3.05, 3.63) is 64.4 Å². The largest absolute Gasteiger partial charge is 0.388 e. The normalized spacial score (nSPS) is 12.4. The summed E-state index contributed by atoms with van der Waals surface area (Å²) in [7, 11) is 0. The summed E-state index contributed by atoms with van der Waals surface area (Å²) in [6, 6.07) is 7.00. The lowest BCUT2D eigenvalue weighted by atomic mass is 10.0. The van der Waals surface area contributed by atoms with Crippen LogP contribution < -0.4 is 0 Å². The van der Waals surface area contributed by atoms with E-state index in [0.29, 0.717) is 10.7 Å². The summed E-state index contributed by atoms with van der Waals surface area (Å²) < 4.78 is 26.4. The first kappa shape index (κ1) is 12.9. The van der Waals surface area contributed by atoms with Crippen LogP contribution in [0.1, 0.15) is 17.2 Å². The molecule has 1 N–H and O–H groups in total. The van der Waals surface area contributed by atoms with Crippen molar-refractivity contribution < 1.29 is 13.9 Å². The molecule has 0 aliphatic rings. The Bertz CT molecular complexity index is 545. The molecule has 0 spiro atoms. The van der Waals surface area contributed by atoms with E-state index < -0.39 is 17.7 Å². The zero-order valence-corrected chi connectivity index (χ0v) is 10.0. The maximum Gasteiger partial charge on any atom is 0.162 e. The van der Waals surface area contributed by atoms with Crippen molar-refractivity contribution in [1.82, 2.24) is 4.98 Å². The van der Waals surface area contributed by atoms with Gasteiger partial charge >= 0.3 is 0 Å². The number of rotatable bonds is 3. The van der Waals surface area contributed by atoms with Crippen LogP contribution in [0.4, 0.5) is 8.78 Å². The molecular weight excluding hydrogens is 260 g/mol. The summed E-state index contributed by atoms with van der Waals surface area (Å²) in [5.74, 6) is -1.85. The molecule has 5 heteroatoms. The second-order valence-electron chi connectivity index (χ2n) is 3.85. The van der Waals surface area contributed by atoms with Crippen molar-refractivity contribution in [3.63, 3.8) is 0 Å². The van der Waals surface area contributed by atoms with Crippen LogP contribution in [0.5, 0.6) is 0 Å². The molecular formula is C13H10ClF2NO. The van der Waals surface area contributed by atoms with Gasteiger partial charge in [0.25, 0.3) is 0 Å². The van der Waals surface area contributed by atoms with E-state index in [9.17, 15) is 13.9 Å². The molecule has 2 aromatic rings. The van der Waals surface area contributed by atoms with Gasteiger partial charge < -0.3 is 5.11 Å². The van der Waals surface area contributed by atoms with E-state index in [-0.39, 0.29) is 12.0 Å². The maximum atomic E-state index is 13.4. The molecule has 2 nitrogen and oxygen atoms in total. The van der Waals surface area contributed by atoms with Gasteiger partial charge in [0.05, 0.1) is 6.10 Å². The summed E-state index contributed by atoms with van der Waals surface area (Å²) in [5.41, 5.74) is 0.625. The van der Waals surface area contributed by atoms with Crippen molar-refractivity contribution in [1.29, 1.82) is 0 Å². The maximum absolute atomic E-state index is 13.4. The first-order chi connectivity index (χ1) is 8.58. The molecule has 94 valence electrons. The number of aromatic nitrogens is 1. The Morgan fingerprint density at radius 1 is 1.22 bits per heavy atom. The van der Waals surface area contributed by atoms with Gasteiger partial charge in [-0.2, -0.15) is 0 Å². The molecule has 0 aliphatic heterocycles. The Morgan fingerprint density at radius 3 is 2.67 bits per heavy atom. The van der Waals surface area contributed by atoms with Gasteiger partial charge in [0.1, 0.15) is 5.15 Å². The number of hydrogen-bond acceptors (Lipinski definition) is 2. The monoisotopic (exact) mass is 269 g/mol. The van der Waals surface area contributed by atoms with Gasteiger partial charge in [-0.05, 0) is 23.3 Å². The fourth-order valence-electron chi connectivity index (χ4n) is 1.62. The molecule has 0 radical (unpaired) electrons. The van der Waals surface area contributed by atoms with Gasteiger partial charge in [-0.1, -0.05) is 29.8 Å². The Balaban J connectivity index is 2.18. The fourth-order valence-corrected chi connectivity index (χ4v) is 1.73. The SMILES string of the molecule is OC(Cc1cccc(F)c1F)c1ccc(Cl)nc1. The summed E-state index contributed by atoms with van der Waals surface area (Å²) in [6.45, 7) is 0. The van der Waals surface area contributed by atoms with Crippen LogP contribution >= 0.6 is 11.6 Å². The minimum Gasteiger partial charge on any atom is -0.388 e. The predicted molar refractivity (Wildman–Crippen MR) is 64.3 cm³/mol. The van der Waals surface area contributed by atoms with Crippen LogP contribution in [0, 0.1) is 11.6 Å². The van der Waals surface area contributed by atoms with E-state index in [1.165, 1.54) is 24.4 Å². The quantitative estimate of drug-likeness (QED) is 0.868. The Kier molecular flexibility index (Phi) is 3.89. The average molecular weight is 270 g/mol. The molecule has 18 heavy (non-hydrogen) atoms. The number of nitrogens with zero attached hydrogens (tertiary/aromatic N) is 1. The van der Waals surface area contributed by atoms with E-state index in [2.05, 4.69) is 4.98 Å². The summed E-state index contributed by atoms with van der Waals surface area (Å²) in [5, 5.41) is 10.2. The molecule has 0 saturated carbocycles. The van der Waals surface area contributed by atoms with Crippen LogP contribution in [-0.2, 0) is 6.42 Å². The number of halogens is 3. The van der Waals surface area contributed by atoms with E-state index >= 15 is 0 Å². The molecule has 1 aromatic heterocycles. The highest BCUT2D eigenvalue weighted by molar-refractivity contribution is 6.29. The number of hydrogen-bond donors (Lipinski definition) is 1. The molecule has 1 aromatic carbocycles. The summed E-state index contributed by atoms with van der Waals surface area (Å²) >= 11 is 5.62. The van der Waals surface area contributed by atoms with Crippen molar-refractivity contribution in [2.75, 3.05) is 0 Å². The van der Waals surface area contributed by atoms with Gasteiger partial charge in [-0.3, -0.25) is 0 Å². The minimum absolute atomic E-state index is 0.0209. The lowest BCUT2D eigenvalue weighted by molar-refractivity contribution is 0.176. The smallest absolute Gasteiger partial charge is 0.162 e. The van der Waals surface area contributed by atoms with Gasteiger partial charge in [-0.25, -0.2) is 13.8 Å². The van der Waals surface area contributed by atoms with Gasteiger partial charge in [0, 0.05) is 12.6 Å².